The van der Waals surface area contributed by atoms with Crippen LogP contribution in [0.5, 0.6) is 0 Å². The van der Waals surface area contributed by atoms with Gasteiger partial charge in [0, 0.05) is 23.5 Å². The molecule has 33 heavy (non-hydrogen) atoms. The molecule has 1 aliphatic rings. The number of amides is 1. The lowest BCUT2D eigenvalue weighted by Gasteiger charge is -2.34. The molecule has 4 rings (SSSR count). The number of nitrogens with one attached hydrogen (secondary N) is 1. The Morgan fingerprint density at radius 3 is 2.61 bits per heavy atom. The van der Waals surface area contributed by atoms with Crippen LogP contribution >= 0.6 is 23.1 Å². The van der Waals surface area contributed by atoms with Gasteiger partial charge in [-0.3, -0.25) is 10.1 Å². The molecule has 2 heterocycles. The minimum absolute atomic E-state index is 0.0782. The predicted molar refractivity (Wildman–Crippen MR) is 128 cm³/mol. The second kappa shape index (κ2) is 9.65. The average molecular weight is 512 g/mol. The highest BCUT2D eigenvalue weighted by Gasteiger charge is 2.32. The molecule has 2 aromatic carbocycles. The highest BCUT2D eigenvalue weighted by Crippen LogP contribution is 2.33. The number of sulfonamides is 1. The van der Waals surface area contributed by atoms with E-state index in [1.807, 2.05) is 13.8 Å². The van der Waals surface area contributed by atoms with Crippen LogP contribution in [0.2, 0.25) is 0 Å². The zero-order valence-electron chi connectivity index (χ0n) is 18.0. The molecule has 6 nitrogen and oxygen atoms in total. The first kappa shape index (κ1) is 24.1. The summed E-state index contributed by atoms with van der Waals surface area (Å²) in [6.07, 6.45) is 0.985. The lowest BCUT2D eigenvalue weighted by Crippen LogP contribution is -2.42. The molecule has 3 aromatic rings. The summed E-state index contributed by atoms with van der Waals surface area (Å²) < 4.78 is 53.7. The number of anilines is 1. The van der Waals surface area contributed by atoms with Crippen molar-refractivity contribution in [3.05, 3.63) is 48.0 Å². The summed E-state index contributed by atoms with van der Waals surface area (Å²) in [6.45, 7) is 4.99. The number of carbonyl (C=O) groups is 1. The Morgan fingerprint density at radius 2 is 1.91 bits per heavy atom. The predicted octanol–water partition coefficient (Wildman–Crippen LogP) is 5.53. The van der Waals surface area contributed by atoms with E-state index >= 15 is 0 Å². The molecule has 0 unspecified atom stereocenters. The average Bonchev–Trinajstić information content (AvgIpc) is 3.14. The first-order chi connectivity index (χ1) is 15.6. The second-order valence-electron chi connectivity index (χ2n) is 8.28. The van der Waals surface area contributed by atoms with Crippen LogP contribution in [0.4, 0.5) is 13.9 Å². The fraction of sp³-hybridized carbons (Fsp3) is 0.364. The fourth-order valence-electron chi connectivity index (χ4n) is 4.05. The van der Waals surface area contributed by atoms with Crippen molar-refractivity contribution in [2.24, 2.45) is 11.8 Å². The zero-order valence-corrected chi connectivity index (χ0v) is 20.4. The maximum atomic E-state index is 13.2. The number of thiazole rings is 1. The minimum atomic E-state index is -3.72. The number of fused-ring (bicyclic) bond motifs is 1. The molecule has 11 heteroatoms. The number of carbonyl (C=O) groups excluding carboxylic acids is 1. The molecule has 1 N–H and O–H groups in total. The molecule has 0 aliphatic carbocycles. The van der Waals surface area contributed by atoms with Gasteiger partial charge in [-0.2, -0.15) is 13.1 Å². The van der Waals surface area contributed by atoms with Gasteiger partial charge >= 0.3 is 0 Å². The van der Waals surface area contributed by atoms with Gasteiger partial charge in [-0.15, -0.1) is 0 Å². The monoisotopic (exact) mass is 511 g/mol. The lowest BCUT2D eigenvalue weighted by molar-refractivity contribution is 0.102. The van der Waals surface area contributed by atoms with Crippen LogP contribution in [0.25, 0.3) is 10.2 Å². The normalized spacial score (nSPS) is 19.8. The molecule has 2 atom stereocenters. The fourth-order valence-corrected chi connectivity index (χ4v) is 7.29. The molecule has 0 saturated carbocycles. The number of halogens is 2. The van der Waals surface area contributed by atoms with Gasteiger partial charge in [0.1, 0.15) is 0 Å². The Kier molecular flexibility index (Phi) is 7.04. The molecule has 0 bridgehead atoms. The van der Waals surface area contributed by atoms with Crippen molar-refractivity contribution in [2.45, 2.75) is 35.8 Å². The highest BCUT2D eigenvalue weighted by atomic mass is 32.2. The number of benzene rings is 2. The Hall–Kier alpha value is -2.08. The first-order valence-corrected chi connectivity index (χ1v) is 13.5. The zero-order chi connectivity index (χ0) is 23.8. The van der Waals surface area contributed by atoms with E-state index in [9.17, 15) is 22.0 Å². The van der Waals surface area contributed by atoms with Gasteiger partial charge < -0.3 is 0 Å². The topological polar surface area (TPSA) is 79.4 Å². The molecule has 0 radical (unpaired) electrons. The summed E-state index contributed by atoms with van der Waals surface area (Å²) in [5, 5.41) is 2.99. The smallest absolute Gasteiger partial charge is 0.288 e. The number of aromatic nitrogens is 1. The van der Waals surface area contributed by atoms with Crippen LogP contribution in [0.1, 0.15) is 30.6 Å². The van der Waals surface area contributed by atoms with E-state index in [2.05, 4.69) is 10.3 Å². The van der Waals surface area contributed by atoms with E-state index in [-0.39, 0.29) is 22.3 Å². The lowest BCUT2D eigenvalue weighted by atomic mass is 9.94. The number of hydrogen-bond donors (Lipinski definition) is 1. The van der Waals surface area contributed by atoms with Gasteiger partial charge in [-0.05, 0) is 54.7 Å². The Balaban J connectivity index is 1.53. The molecular formula is C22H23F2N3O3S3. The van der Waals surface area contributed by atoms with E-state index in [0.717, 1.165) is 6.42 Å². The summed E-state index contributed by atoms with van der Waals surface area (Å²) in [5.41, 5.74) is 0.779. The van der Waals surface area contributed by atoms with Gasteiger partial charge in [-0.1, -0.05) is 43.0 Å². The van der Waals surface area contributed by atoms with Crippen molar-refractivity contribution in [1.82, 2.24) is 9.29 Å². The summed E-state index contributed by atoms with van der Waals surface area (Å²) in [6, 6.07) is 10.7. The van der Waals surface area contributed by atoms with Gasteiger partial charge in [0.05, 0.1) is 15.1 Å². The van der Waals surface area contributed by atoms with E-state index in [1.165, 1.54) is 27.8 Å². The third kappa shape index (κ3) is 5.53. The summed E-state index contributed by atoms with van der Waals surface area (Å²) in [4.78, 5) is 17.6. The second-order valence-corrected chi connectivity index (χ2v) is 12.3. The minimum Gasteiger partial charge on any atom is -0.298 e. The Bertz CT molecular complexity index is 1270. The number of piperidine rings is 1. The van der Waals surface area contributed by atoms with E-state index < -0.39 is 21.7 Å². The van der Waals surface area contributed by atoms with E-state index in [0.29, 0.717) is 45.1 Å². The van der Waals surface area contributed by atoms with Gasteiger partial charge in [0.15, 0.2) is 5.13 Å². The third-order valence-corrected chi connectivity index (χ3v) is 8.84. The highest BCUT2D eigenvalue weighted by molar-refractivity contribution is 7.99. The van der Waals surface area contributed by atoms with Crippen LogP contribution in [0.3, 0.4) is 0 Å². The standard InChI is InChI=1S/C22H23F2N3O3S3/c1-13-8-14(2)12-27(11-13)33(29,30)17-5-3-4-15(9-17)20(28)26-22-25-18-7-6-16(31-21(23)24)10-19(18)32-22/h3-7,9-10,13-14,21H,8,11-12H2,1-2H3,(H,25,26,28)/t13-,14-/m0/s1. The number of hydrogen-bond acceptors (Lipinski definition) is 6. The van der Waals surface area contributed by atoms with Crippen molar-refractivity contribution in [3.8, 4) is 0 Å². The first-order valence-electron chi connectivity index (χ1n) is 10.4. The van der Waals surface area contributed by atoms with Gasteiger partial charge in [-0.25, -0.2) is 13.4 Å². The summed E-state index contributed by atoms with van der Waals surface area (Å²) in [7, 11) is -3.72. The van der Waals surface area contributed by atoms with E-state index in [4.69, 9.17) is 0 Å². The number of nitrogens with zero attached hydrogens (tertiary/aromatic N) is 2. The largest absolute Gasteiger partial charge is 0.298 e. The van der Waals surface area contributed by atoms with Crippen LogP contribution in [-0.4, -0.2) is 42.5 Å². The van der Waals surface area contributed by atoms with Crippen LogP contribution in [-0.2, 0) is 10.0 Å². The number of rotatable bonds is 6. The van der Waals surface area contributed by atoms with Crippen LogP contribution in [0, 0.1) is 11.8 Å². The van der Waals surface area contributed by atoms with Crippen LogP contribution < -0.4 is 5.32 Å². The molecule has 176 valence electrons. The van der Waals surface area contributed by atoms with Gasteiger partial charge in [0.25, 0.3) is 11.7 Å². The molecule has 1 aliphatic heterocycles. The van der Waals surface area contributed by atoms with E-state index in [1.54, 1.807) is 30.3 Å². The van der Waals surface area contributed by atoms with Crippen molar-refractivity contribution < 1.29 is 22.0 Å². The molecule has 1 amide bonds. The maximum absolute atomic E-state index is 13.2. The molecule has 1 saturated heterocycles. The molecule has 1 fully saturated rings. The quantitative estimate of drug-likeness (QED) is 0.440. The molecular weight excluding hydrogens is 488 g/mol. The Labute approximate surface area is 199 Å². The summed E-state index contributed by atoms with van der Waals surface area (Å²) in [5.74, 6) is -2.47. The maximum Gasteiger partial charge on any atom is 0.288 e. The van der Waals surface area contributed by atoms with Crippen molar-refractivity contribution in [3.63, 3.8) is 0 Å². The number of alkyl halides is 2. The van der Waals surface area contributed by atoms with Crippen molar-refractivity contribution >= 4 is 54.4 Å². The SMILES string of the molecule is C[C@H]1C[C@H](C)CN(S(=O)(=O)c2cccc(C(=O)Nc3nc4ccc(SC(F)F)cc4s3)c2)C1. The molecule has 0 spiro atoms. The van der Waals surface area contributed by atoms with Crippen LogP contribution in [0.15, 0.2) is 52.3 Å². The van der Waals surface area contributed by atoms with Crippen molar-refractivity contribution in [2.75, 3.05) is 18.4 Å². The van der Waals surface area contributed by atoms with Crippen molar-refractivity contribution in [1.29, 1.82) is 0 Å². The molecule has 1 aromatic heterocycles. The third-order valence-electron chi connectivity index (χ3n) is 5.37. The number of thioether (sulfide) groups is 1. The summed E-state index contributed by atoms with van der Waals surface area (Å²) >= 11 is 1.61. The Morgan fingerprint density at radius 1 is 1.18 bits per heavy atom. The van der Waals surface area contributed by atoms with Gasteiger partial charge in [0.2, 0.25) is 10.0 Å².